The van der Waals surface area contributed by atoms with Gasteiger partial charge in [-0.15, -0.1) is 0 Å². The van der Waals surface area contributed by atoms with Crippen LogP contribution in [0.4, 0.5) is 0 Å². The summed E-state index contributed by atoms with van der Waals surface area (Å²) >= 11 is 1.32. The minimum Gasteiger partial charge on any atom is -0.353 e. The van der Waals surface area contributed by atoms with E-state index < -0.39 is 0 Å². The van der Waals surface area contributed by atoms with Crippen LogP contribution in [0.1, 0.15) is 37.7 Å². The third-order valence-electron chi connectivity index (χ3n) is 3.20. The summed E-state index contributed by atoms with van der Waals surface area (Å²) in [5.74, 6) is 0.355. The summed E-state index contributed by atoms with van der Waals surface area (Å²) in [6, 6.07) is 5.86. The number of aromatic nitrogens is 1. The lowest BCUT2D eigenvalue weighted by atomic mass is 9.95. The first kappa shape index (κ1) is 13.9. The van der Waals surface area contributed by atoms with Crippen LogP contribution in [-0.4, -0.2) is 22.7 Å². The summed E-state index contributed by atoms with van der Waals surface area (Å²) in [5, 5.41) is 12.6. The van der Waals surface area contributed by atoms with Gasteiger partial charge in [-0.1, -0.05) is 31.0 Å². The zero-order valence-electron chi connectivity index (χ0n) is 10.8. The van der Waals surface area contributed by atoms with Crippen LogP contribution in [0.15, 0.2) is 23.4 Å². The monoisotopic (exact) mass is 275 g/mol. The Bertz CT molecular complexity index is 478. The van der Waals surface area contributed by atoms with E-state index in [9.17, 15) is 4.79 Å². The van der Waals surface area contributed by atoms with Crippen LogP contribution < -0.4 is 5.32 Å². The molecule has 1 aromatic heterocycles. The molecule has 0 atom stereocenters. The van der Waals surface area contributed by atoms with Gasteiger partial charge in [-0.25, -0.2) is 4.98 Å². The van der Waals surface area contributed by atoms with Crippen molar-refractivity contribution in [1.82, 2.24) is 10.3 Å². The van der Waals surface area contributed by atoms with Crippen molar-refractivity contribution in [2.75, 3.05) is 5.75 Å². The molecule has 0 spiro atoms. The Morgan fingerprint density at radius 2 is 2.26 bits per heavy atom. The van der Waals surface area contributed by atoms with Crippen molar-refractivity contribution < 1.29 is 4.79 Å². The van der Waals surface area contributed by atoms with Crippen molar-refractivity contribution in [3.8, 4) is 6.07 Å². The Labute approximate surface area is 117 Å². The Hall–Kier alpha value is -1.54. The van der Waals surface area contributed by atoms with Gasteiger partial charge >= 0.3 is 0 Å². The molecule has 1 aromatic rings. The molecule has 5 heteroatoms. The third kappa shape index (κ3) is 4.25. The number of carbonyl (C=O) groups is 1. The van der Waals surface area contributed by atoms with Gasteiger partial charge in [0.2, 0.25) is 5.91 Å². The van der Waals surface area contributed by atoms with E-state index in [2.05, 4.69) is 16.4 Å². The lowest BCUT2D eigenvalue weighted by Crippen LogP contribution is -2.37. The Balaban J connectivity index is 1.81. The average Bonchev–Trinajstić information content (AvgIpc) is 2.46. The zero-order valence-corrected chi connectivity index (χ0v) is 11.6. The number of hydrogen-bond donors (Lipinski definition) is 1. The number of pyridine rings is 1. The Kier molecular flexibility index (Phi) is 5.22. The SMILES string of the molecule is N#Cc1cccnc1SCC(=O)NC1CCCCC1. The summed E-state index contributed by atoms with van der Waals surface area (Å²) in [7, 11) is 0. The highest BCUT2D eigenvalue weighted by molar-refractivity contribution is 7.99. The molecule has 1 amide bonds. The summed E-state index contributed by atoms with van der Waals surface area (Å²) in [5.41, 5.74) is 0.526. The maximum absolute atomic E-state index is 11.8. The average molecular weight is 275 g/mol. The molecule has 0 aliphatic heterocycles. The number of nitrogens with one attached hydrogen (secondary N) is 1. The van der Waals surface area contributed by atoms with Gasteiger partial charge < -0.3 is 5.32 Å². The molecule has 1 N–H and O–H groups in total. The summed E-state index contributed by atoms with van der Waals surface area (Å²) in [4.78, 5) is 16.0. The minimum atomic E-state index is 0.0337. The van der Waals surface area contributed by atoms with Crippen molar-refractivity contribution >= 4 is 17.7 Å². The first-order valence-corrected chi connectivity index (χ1v) is 7.55. The van der Waals surface area contributed by atoms with E-state index in [1.165, 1.54) is 31.0 Å². The topological polar surface area (TPSA) is 65.8 Å². The van der Waals surface area contributed by atoms with Crippen LogP contribution >= 0.6 is 11.8 Å². The molecule has 19 heavy (non-hydrogen) atoms. The molecule has 1 heterocycles. The second-order valence-corrected chi connectivity index (χ2v) is 5.62. The summed E-state index contributed by atoms with van der Waals surface area (Å²) in [6.07, 6.45) is 7.50. The van der Waals surface area contributed by atoms with Crippen molar-refractivity contribution in [2.24, 2.45) is 0 Å². The molecule has 100 valence electrons. The van der Waals surface area contributed by atoms with Gasteiger partial charge in [-0.05, 0) is 25.0 Å². The van der Waals surface area contributed by atoms with E-state index in [0.29, 0.717) is 22.4 Å². The number of nitrogens with zero attached hydrogens (tertiary/aromatic N) is 2. The molecular formula is C14H17N3OS. The molecule has 1 aliphatic rings. The smallest absolute Gasteiger partial charge is 0.230 e. The third-order valence-corrected chi connectivity index (χ3v) is 4.21. The van der Waals surface area contributed by atoms with Gasteiger partial charge in [0.1, 0.15) is 11.1 Å². The van der Waals surface area contributed by atoms with Gasteiger partial charge in [0, 0.05) is 12.2 Å². The molecule has 0 aromatic carbocycles. The van der Waals surface area contributed by atoms with Crippen molar-refractivity contribution in [3.63, 3.8) is 0 Å². The predicted molar refractivity (Wildman–Crippen MR) is 74.7 cm³/mol. The van der Waals surface area contributed by atoms with Crippen molar-refractivity contribution in [1.29, 1.82) is 5.26 Å². The molecule has 4 nitrogen and oxygen atoms in total. The van der Waals surface area contributed by atoms with E-state index >= 15 is 0 Å². The normalized spacial score (nSPS) is 15.7. The van der Waals surface area contributed by atoms with E-state index in [1.54, 1.807) is 18.3 Å². The lowest BCUT2D eigenvalue weighted by molar-refractivity contribution is -0.119. The second kappa shape index (κ2) is 7.15. The van der Waals surface area contributed by atoms with Gasteiger partial charge in [0.25, 0.3) is 0 Å². The molecule has 1 saturated carbocycles. The standard InChI is InChI=1S/C14H17N3OS/c15-9-11-5-4-8-16-14(11)19-10-13(18)17-12-6-2-1-3-7-12/h4-5,8,12H,1-3,6-7,10H2,(H,17,18). The zero-order chi connectivity index (χ0) is 13.5. The number of hydrogen-bond acceptors (Lipinski definition) is 4. The van der Waals surface area contributed by atoms with Crippen LogP contribution in [0.25, 0.3) is 0 Å². The van der Waals surface area contributed by atoms with Crippen LogP contribution in [0.2, 0.25) is 0 Å². The summed E-state index contributed by atoms with van der Waals surface area (Å²) < 4.78 is 0. The quantitative estimate of drug-likeness (QED) is 0.857. The number of thioether (sulfide) groups is 1. The highest BCUT2D eigenvalue weighted by Gasteiger charge is 2.16. The van der Waals surface area contributed by atoms with Crippen LogP contribution in [0.3, 0.4) is 0 Å². The Morgan fingerprint density at radius 1 is 1.47 bits per heavy atom. The summed E-state index contributed by atoms with van der Waals surface area (Å²) in [6.45, 7) is 0. The fourth-order valence-electron chi connectivity index (χ4n) is 2.24. The highest BCUT2D eigenvalue weighted by atomic mass is 32.2. The lowest BCUT2D eigenvalue weighted by Gasteiger charge is -2.22. The van der Waals surface area contributed by atoms with Crippen LogP contribution in [0.5, 0.6) is 0 Å². The molecule has 0 saturated heterocycles. The maximum atomic E-state index is 11.8. The van der Waals surface area contributed by atoms with E-state index in [-0.39, 0.29) is 5.91 Å². The van der Waals surface area contributed by atoms with Crippen LogP contribution in [-0.2, 0) is 4.79 Å². The number of carbonyl (C=O) groups excluding carboxylic acids is 1. The fourth-order valence-corrected chi connectivity index (χ4v) is 3.00. The van der Waals surface area contributed by atoms with Gasteiger partial charge in [0.15, 0.2) is 0 Å². The number of nitriles is 1. The predicted octanol–water partition coefficient (Wildman–Crippen LogP) is 2.49. The molecule has 0 radical (unpaired) electrons. The molecule has 0 bridgehead atoms. The van der Waals surface area contributed by atoms with Gasteiger partial charge in [-0.3, -0.25) is 4.79 Å². The largest absolute Gasteiger partial charge is 0.353 e. The van der Waals surface area contributed by atoms with Crippen LogP contribution in [0, 0.1) is 11.3 Å². The fraction of sp³-hybridized carbons (Fsp3) is 0.500. The van der Waals surface area contributed by atoms with E-state index in [1.807, 2.05) is 0 Å². The number of rotatable bonds is 4. The molecule has 2 rings (SSSR count). The second-order valence-electron chi connectivity index (χ2n) is 4.66. The molecule has 0 unspecified atom stereocenters. The van der Waals surface area contributed by atoms with Gasteiger partial charge in [-0.2, -0.15) is 5.26 Å². The first-order chi connectivity index (χ1) is 9.29. The molecular weight excluding hydrogens is 258 g/mol. The first-order valence-electron chi connectivity index (χ1n) is 6.57. The highest BCUT2D eigenvalue weighted by Crippen LogP contribution is 2.20. The van der Waals surface area contributed by atoms with E-state index in [0.717, 1.165) is 12.8 Å². The van der Waals surface area contributed by atoms with Crippen molar-refractivity contribution in [2.45, 2.75) is 43.2 Å². The van der Waals surface area contributed by atoms with Gasteiger partial charge in [0.05, 0.1) is 11.3 Å². The Morgan fingerprint density at radius 3 is 3.00 bits per heavy atom. The molecule has 1 aliphatic carbocycles. The molecule has 1 fully saturated rings. The maximum Gasteiger partial charge on any atom is 0.230 e. The number of amides is 1. The van der Waals surface area contributed by atoms with E-state index in [4.69, 9.17) is 5.26 Å². The minimum absolute atomic E-state index is 0.0337. The van der Waals surface area contributed by atoms with Crippen molar-refractivity contribution in [3.05, 3.63) is 23.9 Å².